The summed E-state index contributed by atoms with van der Waals surface area (Å²) in [5, 5.41) is 1.23. The van der Waals surface area contributed by atoms with Crippen LogP contribution >= 0.6 is 12.6 Å². The van der Waals surface area contributed by atoms with Gasteiger partial charge in [-0.05, 0) is 24.0 Å². The number of hydrogen-bond acceptors (Lipinski definition) is 2. The minimum atomic E-state index is -0.928. The van der Waals surface area contributed by atoms with E-state index in [1.54, 1.807) is 0 Å². The molecule has 1 rings (SSSR count). The summed E-state index contributed by atoms with van der Waals surface area (Å²) in [6.07, 6.45) is 0. The van der Waals surface area contributed by atoms with E-state index in [1.807, 2.05) is 0 Å². The van der Waals surface area contributed by atoms with Crippen molar-refractivity contribution < 1.29 is 8.78 Å². The molecule has 0 aromatic heterocycles. The van der Waals surface area contributed by atoms with Crippen LogP contribution < -0.4 is 5.73 Å². The van der Waals surface area contributed by atoms with E-state index in [9.17, 15) is 8.78 Å². The third-order valence-corrected chi connectivity index (χ3v) is 2.00. The zero-order valence-electron chi connectivity index (χ0n) is 7.01. The van der Waals surface area contributed by atoms with Crippen LogP contribution in [0.15, 0.2) is 17.5 Å². The van der Waals surface area contributed by atoms with Crippen LogP contribution in [0, 0.1) is 18.6 Å². The Balaban J connectivity index is 3.34. The van der Waals surface area contributed by atoms with Gasteiger partial charge in [0.25, 0.3) is 0 Å². The zero-order chi connectivity index (χ0) is 10.0. The highest BCUT2D eigenvalue weighted by Gasteiger charge is 2.11. The summed E-state index contributed by atoms with van der Waals surface area (Å²) < 4.78 is 26.2. The second-order valence-corrected chi connectivity index (χ2v) is 2.90. The number of rotatable bonds is 1. The van der Waals surface area contributed by atoms with E-state index < -0.39 is 11.6 Å². The Morgan fingerprint density at radius 3 is 2.54 bits per heavy atom. The minimum Gasteiger partial charge on any atom is -0.398 e. The summed E-state index contributed by atoms with van der Waals surface area (Å²) >= 11 is 3.76. The van der Waals surface area contributed by atoms with Crippen LogP contribution in [0.5, 0.6) is 0 Å². The standard InChI is InChI=1S/C9H9F2NS/c1-5-2-3-6(7(12)4-13)9(11)8(5)10/h2-4,13H,12H2,1H3/b7-4-. The Hall–Kier alpha value is -1.03. The van der Waals surface area contributed by atoms with Crippen LogP contribution in [0.4, 0.5) is 8.78 Å². The molecule has 0 radical (unpaired) electrons. The van der Waals surface area contributed by atoms with E-state index in [2.05, 4.69) is 12.6 Å². The van der Waals surface area contributed by atoms with Crippen LogP contribution in [-0.2, 0) is 0 Å². The van der Waals surface area contributed by atoms with Crippen LogP contribution in [0.2, 0.25) is 0 Å². The van der Waals surface area contributed by atoms with E-state index in [4.69, 9.17) is 5.73 Å². The van der Waals surface area contributed by atoms with Crippen LogP contribution in [-0.4, -0.2) is 0 Å². The molecule has 13 heavy (non-hydrogen) atoms. The highest BCUT2D eigenvalue weighted by molar-refractivity contribution is 7.83. The van der Waals surface area contributed by atoms with Gasteiger partial charge >= 0.3 is 0 Å². The molecule has 70 valence electrons. The predicted molar refractivity (Wildman–Crippen MR) is 52.2 cm³/mol. The summed E-state index contributed by atoms with van der Waals surface area (Å²) in [5.74, 6) is -1.79. The maximum atomic E-state index is 13.2. The molecule has 0 bridgehead atoms. The van der Waals surface area contributed by atoms with Gasteiger partial charge in [-0.2, -0.15) is 0 Å². The lowest BCUT2D eigenvalue weighted by molar-refractivity contribution is 0.501. The molecule has 2 N–H and O–H groups in total. The fraction of sp³-hybridized carbons (Fsp3) is 0.111. The van der Waals surface area contributed by atoms with E-state index in [0.29, 0.717) is 0 Å². The molecule has 0 fully saturated rings. The Kier molecular flexibility index (Phi) is 2.93. The second kappa shape index (κ2) is 3.79. The molecule has 0 saturated carbocycles. The van der Waals surface area contributed by atoms with Gasteiger partial charge in [-0.15, -0.1) is 12.6 Å². The van der Waals surface area contributed by atoms with E-state index in [1.165, 1.54) is 24.5 Å². The van der Waals surface area contributed by atoms with Crippen molar-refractivity contribution in [3.8, 4) is 0 Å². The first kappa shape index (κ1) is 10.1. The molecule has 0 saturated heterocycles. The molecule has 0 aliphatic heterocycles. The van der Waals surface area contributed by atoms with Crippen LogP contribution in [0.25, 0.3) is 5.70 Å². The molecular formula is C9H9F2NS. The Morgan fingerprint density at radius 2 is 2.00 bits per heavy atom. The van der Waals surface area contributed by atoms with Crippen LogP contribution in [0.3, 0.4) is 0 Å². The monoisotopic (exact) mass is 201 g/mol. The number of aryl methyl sites for hydroxylation is 1. The molecule has 0 unspecified atom stereocenters. The first-order valence-corrected chi connectivity index (χ1v) is 4.14. The Morgan fingerprint density at radius 1 is 1.38 bits per heavy atom. The van der Waals surface area contributed by atoms with Gasteiger partial charge in [0.2, 0.25) is 0 Å². The average Bonchev–Trinajstić information content (AvgIpc) is 2.13. The molecule has 4 heteroatoms. The lowest BCUT2D eigenvalue weighted by atomic mass is 10.1. The molecule has 0 aliphatic rings. The molecular weight excluding hydrogens is 192 g/mol. The maximum Gasteiger partial charge on any atom is 0.168 e. The van der Waals surface area contributed by atoms with Gasteiger partial charge in [-0.3, -0.25) is 0 Å². The quantitative estimate of drug-likeness (QED) is 0.671. The first-order valence-electron chi connectivity index (χ1n) is 3.62. The largest absolute Gasteiger partial charge is 0.398 e. The normalized spacial score (nSPS) is 11.8. The van der Waals surface area contributed by atoms with Crippen molar-refractivity contribution in [2.24, 2.45) is 5.73 Å². The topological polar surface area (TPSA) is 26.0 Å². The Labute approximate surface area is 80.7 Å². The van der Waals surface area contributed by atoms with Gasteiger partial charge in [0.15, 0.2) is 11.6 Å². The number of nitrogens with two attached hydrogens (primary N) is 1. The van der Waals surface area contributed by atoms with E-state index in [-0.39, 0.29) is 16.8 Å². The number of thiol groups is 1. The fourth-order valence-corrected chi connectivity index (χ4v) is 1.08. The van der Waals surface area contributed by atoms with Crippen molar-refractivity contribution in [3.05, 3.63) is 40.3 Å². The summed E-state index contributed by atoms with van der Waals surface area (Å²) in [6.45, 7) is 1.49. The molecule has 0 amide bonds. The molecule has 0 heterocycles. The van der Waals surface area contributed by atoms with Gasteiger partial charge in [-0.1, -0.05) is 6.07 Å². The predicted octanol–water partition coefficient (Wildman–Crippen LogP) is 2.46. The third kappa shape index (κ3) is 1.83. The van der Waals surface area contributed by atoms with E-state index >= 15 is 0 Å². The molecule has 0 spiro atoms. The SMILES string of the molecule is Cc1ccc(/C(N)=C/S)c(F)c1F. The highest BCUT2D eigenvalue weighted by Crippen LogP contribution is 2.19. The molecule has 1 nitrogen and oxygen atoms in total. The third-order valence-electron chi connectivity index (χ3n) is 1.73. The van der Waals surface area contributed by atoms with Gasteiger partial charge in [0.1, 0.15) is 0 Å². The minimum absolute atomic E-state index is 0.0399. The van der Waals surface area contributed by atoms with Crippen LogP contribution in [0.1, 0.15) is 11.1 Å². The van der Waals surface area contributed by atoms with Crippen molar-refractivity contribution in [2.75, 3.05) is 0 Å². The van der Waals surface area contributed by atoms with Gasteiger partial charge < -0.3 is 5.73 Å². The number of benzene rings is 1. The van der Waals surface area contributed by atoms with Gasteiger partial charge in [-0.25, -0.2) is 8.78 Å². The smallest absolute Gasteiger partial charge is 0.168 e. The van der Waals surface area contributed by atoms with Crippen molar-refractivity contribution in [1.82, 2.24) is 0 Å². The lowest BCUT2D eigenvalue weighted by Gasteiger charge is -2.04. The summed E-state index contributed by atoms with van der Waals surface area (Å²) in [6, 6.07) is 2.90. The average molecular weight is 201 g/mol. The summed E-state index contributed by atoms with van der Waals surface area (Å²) in [7, 11) is 0. The summed E-state index contributed by atoms with van der Waals surface area (Å²) in [5.41, 5.74) is 5.80. The van der Waals surface area contributed by atoms with E-state index in [0.717, 1.165) is 0 Å². The molecule has 0 aliphatic carbocycles. The lowest BCUT2D eigenvalue weighted by Crippen LogP contribution is -2.01. The number of hydrogen-bond donors (Lipinski definition) is 2. The van der Waals surface area contributed by atoms with Gasteiger partial charge in [0, 0.05) is 11.3 Å². The van der Waals surface area contributed by atoms with Crippen molar-refractivity contribution in [2.45, 2.75) is 6.92 Å². The molecule has 1 aromatic rings. The Bertz CT molecular complexity index is 361. The summed E-state index contributed by atoms with van der Waals surface area (Å²) in [4.78, 5) is 0. The maximum absolute atomic E-state index is 13.2. The highest BCUT2D eigenvalue weighted by atomic mass is 32.1. The molecule has 0 atom stereocenters. The fourth-order valence-electron chi connectivity index (χ4n) is 0.938. The zero-order valence-corrected chi connectivity index (χ0v) is 7.91. The van der Waals surface area contributed by atoms with Crippen molar-refractivity contribution in [1.29, 1.82) is 0 Å². The van der Waals surface area contributed by atoms with Crippen molar-refractivity contribution >= 4 is 18.3 Å². The first-order chi connectivity index (χ1) is 6.07. The van der Waals surface area contributed by atoms with Crippen molar-refractivity contribution in [3.63, 3.8) is 0 Å². The number of halogens is 2. The molecule has 1 aromatic carbocycles. The van der Waals surface area contributed by atoms with Gasteiger partial charge in [0.05, 0.1) is 0 Å². The second-order valence-electron chi connectivity index (χ2n) is 2.64.